The summed E-state index contributed by atoms with van der Waals surface area (Å²) >= 11 is 0. The molecule has 13 aromatic rings. The van der Waals surface area contributed by atoms with Crippen molar-refractivity contribution < 1.29 is 13.3 Å². The van der Waals surface area contributed by atoms with E-state index in [1.807, 2.05) is 12.1 Å². The van der Waals surface area contributed by atoms with Crippen molar-refractivity contribution in [3.05, 3.63) is 200 Å². The lowest BCUT2D eigenvalue weighted by atomic mass is 9.97. The third-order valence-corrected chi connectivity index (χ3v) is 12.2. The first-order valence-electron chi connectivity index (χ1n) is 20.3. The van der Waals surface area contributed by atoms with Crippen LogP contribution < -0.4 is 4.90 Å². The van der Waals surface area contributed by atoms with Crippen LogP contribution in [0.2, 0.25) is 0 Å². The van der Waals surface area contributed by atoms with E-state index in [-0.39, 0.29) is 0 Å². The number of hydrogen-bond acceptors (Lipinski definition) is 4. The summed E-state index contributed by atoms with van der Waals surface area (Å²) in [5.74, 6) is 0. The van der Waals surface area contributed by atoms with Crippen LogP contribution in [0, 0.1) is 0 Å². The highest BCUT2D eigenvalue weighted by Crippen LogP contribution is 2.48. The highest BCUT2D eigenvalue weighted by Gasteiger charge is 2.24. The lowest BCUT2D eigenvalue weighted by Crippen LogP contribution is -2.11. The van der Waals surface area contributed by atoms with E-state index >= 15 is 0 Å². The van der Waals surface area contributed by atoms with Crippen LogP contribution in [-0.2, 0) is 0 Å². The quantitative estimate of drug-likeness (QED) is 0.175. The van der Waals surface area contributed by atoms with Gasteiger partial charge in [0.15, 0.2) is 0 Å². The lowest BCUT2D eigenvalue weighted by molar-refractivity contribution is 0.669. The van der Waals surface area contributed by atoms with Gasteiger partial charge in [0.05, 0.1) is 16.8 Å². The second-order valence-corrected chi connectivity index (χ2v) is 15.6. The zero-order valence-corrected chi connectivity index (χ0v) is 32.2. The summed E-state index contributed by atoms with van der Waals surface area (Å²) < 4.78 is 19.7. The molecule has 0 bridgehead atoms. The van der Waals surface area contributed by atoms with Crippen LogP contribution in [0.4, 0.5) is 17.1 Å². The number of furan rings is 3. The van der Waals surface area contributed by atoms with Crippen LogP contribution in [0.3, 0.4) is 0 Å². The molecule has 0 aliphatic heterocycles. The minimum atomic E-state index is 0.838. The maximum atomic E-state index is 6.82. The van der Waals surface area contributed by atoms with Crippen molar-refractivity contribution in [2.75, 3.05) is 4.90 Å². The third-order valence-electron chi connectivity index (χ3n) is 12.2. The molecule has 0 radical (unpaired) electrons. The Hall–Kier alpha value is -8.08. The molecule has 0 aliphatic rings. The normalized spacial score (nSPS) is 12.0. The molecule has 280 valence electrons. The minimum Gasteiger partial charge on any atom is -0.456 e. The van der Waals surface area contributed by atoms with Crippen molar-refractivity contribution in [3.63, 3.8) is 0 Å². The van der Waals surface area contributed by atoms with Crippen molar-refractivity contribution in [2.24, 2.45) is 0 Å². The summed E-state index contributed by atoms with van der Waals surface area (Å²) in [6.07, 6.45) is 0. The Morgan fingerprint density at radius 1 is 0.300 bits per heavy atom. The summed E-state index contributed by atoms with van der Waals surface area (Å²) in [7, 11) is 0. The second kappa shape index (κ2) is 12.7. The lowest BCUT2D eigenvalue weighted by Gasteiger charge is -2.28. The highest BCUT2D eigenvalue weighted by atomic mass is 16.3. The van der Waals surface area contributed by atoms with Crippen molar-refractivity contribution in [1.82, 2.24) is 0 Å². The number of nitrogens with zero attached hydrogens (tertiary/aromatic N) is 1. The van der Waals surface area contributed by atoms with Crippen LogP contribution in [-0.4, -0.2) is 0 Å². The third kappa shape index (κ3) is 4.91. The zero-order chi connectivity index (χ0) is 39.3. The van der Waals surface area contributed by atoms with Crippen LogP contribution in [0.25, 0.3) is 110 Å². The molecule has 13 rings (SSSR count). The van der Waals surface area contributed by atoms with Gasteiger partial charge < -0.3 is 18.2 Å². The van der Waals surface area contributed by atoms with E-state index in [4.69, 9.17) is 13.3 Å². The van der Waals surface area contributed by atoms with Gasteiger partial charge in [-0.1, -0.05) is 133 Å². The summed E-state index contributed by atoms with van der Waals surface area (Å²) in [6, 6.07) is 70.9. The van der Waals surface area contributed by atoms with E-state index in [1.54, 1.807) is 0 Å². The van der Waals surface area contributed by atoms with Gasteiger partial charge in [-0.05, 0) is 94.0 Å². The van der Waals surface area contributed by atoms with Crippen molar-refractivity contribution in [3.8, 4) is 22.3 Å². The smallest absolute Gasteiger partial charge is 0.143 e. The summed E-state index contributed by atoms with van der Waals surface area (Å²) in [6.45, 7) is 0. The SMILES string of the molecule is c1ccc(N(c2ccc(-c3ccc4oc5ccccc5c4c3)cc2)c2cccc3oc4c5ccccc5ccc4c23)c(-c2cccc3c2oc2cc4ccccc4cc23)c1. The number of anilines is 3. The Balaban J connectivity index is 1.04. The summed E-state index contributed by atoms with van der Waals surface area (Å²) in [5.41, 5.74) is 12.7. The monoisotopic (exact) mass is 767 g/mol. The Morgan fingerprint density at radius 3 is 1.83 bits per heavy atom. The molecule has 0 spiro atoms. The molecule has 0 aliphatic carbocycles. The van der Waals surface area contributed by atoms with Gasteiger partial charge in [-0.15, -0.1) is 0 Å². The molecule has 3 aromatic heterocycles. The Labute approximate surface area is 343 Å². The number of benzene rings is 10. The molecule has 0 N–H and O–H groups in total. The molecule has 0 unspecified atom stereocenters. The maximum absolute atomic E-state index is 6.82. The molecule has 0 saturated heterocycles. The maximum Gasteiger partial charge on any atom is 0.143 e. The van der Waals surface area contributed by atoms with Crippen molar-refractivity contribution >= 4 is 104 Å². The fraction of sp³-hybridized carbons (Fsp3) is 0. The van der Waals surface area contributed by atoms with Gasteiger partial charge in [-0.2, -0.15) is 0 Å². The molecular weight excluding hydrogens is 735 g/mol. The Bertz CT molecular complexity index is 3850. The second-order valence-electron chi connectivity index (χ2n) is 15.6. The van der Waals surface area contributed by atoms with E-state index < -0.39 is 0 Å². The molecule has 4 heteroatoms. The molecule has 60 heavy (non-hydrogen) atoms. The molecule has 10 aromatic carbocycles. The van der Waals surface area contributed by atoms with Gasteiger partial charge in [0, 0.05) is 49.1 Å². The van der Waals surface area contributed by atoms with E-state index in [1.165, 1.54) is 5.39 Å². The predicted octanol–water partition coefficient (Wildman–Crippen LogP) is 16.5. The average Bonchev–Trinajstić information content (AvgIpc) is 4.00. The van der Waals surface area contributed by atoms with Gasteiger partial charge in [0.2, 0.25) is 0 Å². The van der Waals surface area contributed by atoms with Crippen LogP contribution in [0.5, 0.6) is 0 Å². The average molecular weight is 768 g/mol. The topological polar surface area (TPSA) is 42.7 Å². The van der Waals surface area contributed by atoms with Gasteiger partial charge in [-0.3, -0.25) is 0 Å². The minimum absolute atomic E-state index is 0.838. The van der Waals surface area contributed by atoms with Crippen molar-refractivity contribution in [1.29, 1.82) is 0 Å². The molecule has 0 amide bonds. The molecule has 3 heterocycles. The molecule has 0 saturated carbocycles. The number of hydrogen-bond donors (Lipinski definition) is 0. The molecular formula is C56H33NO3. The Morgan fingerprint density at radius 2 is 0.933 bits per heavy atom. The standard InChI is InChI=1S/C56H33NO3/c1-2-13-37-33-53-47(31-36(37)12-1)44-18-9-17-43(56(44)60-53)41-15-5-7-19-48(41)57(49-20-10-22-52-54(49)45-29-25-35-11-3-4-14-40(35)55(45)59-52)39-27-23-34(24-28-39)38-26-30-51-46(32-38)42-16-6-8-21-50(42)58-51/h1-33H. The van der Waals surface area contributed by atoms with Crippen molar-refractivity contribution in [2.45, 2.75) is 0 Å². The molecule has 0 atom stereocenters. The van der Waals surface area contributed by atoms with Gasteiger partial charge in [-0.25, -0.2) is 0 Å². The number of fused-ring (bicyclic) bond motifs is 12. The predicted molar refractivity (Wildman–Crippen MR) is 249 cm³/mol. The largest absolute Gasteiger partial charge is 0.456 e. The van der Waals surface area contributed by atoms with E-state index in [0.717, 1.165) is 121 Å². The summed E-state index contributed by atoms with van der Waals surface area (Å²) in [5, 5.41) is 11.2. The molecule has 4 nitrogen and oxygen atoms in total. The van der Waals surface area contributed by atoms with Crippen LogP contribution >= 0.6 is 0 Å². The fourth-order valence-electron chi connectivity index (χ4n) is 9.43. The van der Waals surface area contributed by atoms with Crippen LogP contribution in [0.15, 0.2) is 213 Å². The number of para-hydroxylation sites is 3. The van der Waals surface area contributed by atoms with E-state index in [9.17, 15) is 0 Å². The number of rotatable bonds is 5. The van der Waals surface area contributed by atoms with Gasteiger partial charge in [0.1, 0.15) is 33.5 Å². The molecule has 0 fully saturated rings. The highest BCUT2D eigenvalue weighted by molar-refractivity contribution is 6.20. The summed E-state index contributed by atoms with van der Waals surface area (Å²) in [4.78, 5) is 2.38. The van der Waals surface area contributed by atoms with Gasteiger partial charge in [0.25, 0.3) is 0 Å². The zero-order valence-electron chi connectivity index (χ0n) is 32.2. The van der Waals surface area contributed by atoms with E-state index in [0.29, 0.717) is 0 Å². The van der Waals surface area contributed by atoms with E-state index in [2.05, 4.69) is 193 Å². The van der Waals surface area contributed by atoms with Crippen LogP contribution in [0.1, 0.15) is 0 Å². The first kappa shape index (κ1) is 32.9. The Kier molecular flexibility index (Phi) is 6.98. The fourth-order valence-corrected chi connectivity index (χ4v) is 9.43. The first-order valence-corrected chi connectivity index (χ1v) is 20.3. The first-order chi connectivity index (χ1) is 29.7. The van der Waals surface area contributed by atoms with Gasteiger partial charge >= 0.3 is 0 Å².